The summed E-state index contributed by atoms with van der Waals surface area (Å²) in [6, 6.07) is 0. The smallest absolute Gasteiger partial charge is 0.306 e. The van der Waals surface area contributed by atoms with Crippen molar-refractivity contribution in [3.8, 4) is 0 Å². The lowest BCUT2D eigenvalue weighted by Crippen LogP contribution is -2.11. The van der Waals surface area contributed by atoms with E-state index in [1.807, 2.05) is 0 Å². The molecule has 0 heterocycles. The summed E-state index contributed by atoms with van der Waals surface area (Å²) < 4.78 is 9.37. The Kier molecular flexibility index (Phi) is 12.0. The maximum atomic E-state index is 11.3. The number of carbonyl (C=O) groups excluding carboxylic acids is 4. The van der Waals surface area contributed by atoms with Crippen molar-refractivity contribution >= 4 is 23.5 Å². The molecule has 6 heteroatoms. The molecule has 0 fully saturated rings. The number of carbonyl (C=O) groups is 4. The van der Waals surface area contributed by atoms with Crippen LogP contribution in [0.3, 0.4) is 0 Å². The molecule has 0 rings (SSSR count). The zero-order valence-corrected chi connectivity index (χ0v) is 13.5. The molecular formula is C16H26O6. The first-order valence-corrected chi connectivity index (χ1v) is 7.72. The number of hydrogen-bond donors (Lipinski definition) is 0. The second-order valence-electron chi connectivity index (χ2n) is 5.30. The second-order valence-corrected chi connectivity index (χ2v) is 5.30. The van der Waals surface area contributed by atoms with E-state index < -0.39 is 5.97 Å². The largest absolute Gasteiger partial charge is 0.458 e. The highest BCUT2D eigenvalue weighted by atomic mass is 16.5. The lowest BCUT2D eigenvalue weighted by atomic mass is 10.1. The second kappa shape index (κ2) is 13.0. The third kappa shape index (κ3) is 14.7. The van der Waals surface area contributed by atoms with Gasteiger partial charge in [-0.1, -0.05) is 25.7 Å². The highest BCUT2D eigenvalue weighted by Gasteiger charge is 2.05. The molecule has 0 bridgehead atoms. The van der Waals surface area contributed by atoms with Crippen molar-refractivity contribution in [1.82, 2.24) is 0 Å². The van der Waals surface area contributed by atoms with Crippen molar-refractivity contribution in [2.24, 2.45) is 0 Å². The number of esters is 2. The number of ketones is 2. The van der Waals surface area contributed by atoms with Crippen LogP contribution in [0, 0.1) is 0 Å². The molecule has 0 aromatic heterocycles. The van der Waals surface area contributed by atoms with Crippen LogP contribution >= 0.6 is 0 Å². The minimum absolute atomic E-state index is 0.0524. The van der Waals surface area contributed by atoms with Crippen molar-refractivity contribution in [1.29, 1.82) is 0 Å². The highest BCUT2D eigenvalue weighted by molar-refractivity contribution is 5.81. The van der Waals surface area contributed by atoms with Gasteiger partial charge < -0.3 is 9.47 Å². The van der Waals surface area contributed by atoms with Crippen LogP contribution in [0.25, 0.3) is 0 Å². The van der Waals surface area contributed by atoms with Gasteiger partial charge in [0, 0.05) is 19.8 Å². The van der Waals surface area contributed by atoms with E-state index in [9.17, 15) is 19.2 Å². The Balaban J connectivity index is 3.33. The van der Waals surface area contributed by atoms with Gasteiger partial charge in [0.2, 0.25) is 0 Å². The molecule has 0 saturated heterocycles. The summed E-state index contributed by atoms with van der Waals surface area (Å²) in [6.45, 7) is 2.39. The average Bonchev–Trinajstić information content (AvgIpc) is 2.45. The molecule has 0 aliphatic carbocycles. The van der Waals surface area contributed by atoms with Gasteiger partial charge >= 0.3 is 11.9 Å². The lowest BCUT2D eigenvalue weighted by Gasteiger charge is -2.03. The molecule has 126 valence electrons. The van der Waals surface area contributed by atoms with Crippen molar-refractivity contribution in [2.45, 2.75) is 65.2 Å². The van der Waals surface area contributed by atoms with Crippen molar-refractivity contribution in [2.75, 3.05) is 13.2 Å². The molecule has 0 aromatic rings. The summed E-state index contributed by atoms with van der Waals surface area (Å²) in [5.41, 5.74) is 0. The predicted molar refractivity (Wildman–Crippen MR) is 80.2 cm³/mol. The topological polar surface area (TPSA) is 86.7 Å². The number of Topliss-reactive ketones (excluding diaryl/α,β-unsaturated/α-hetero) is 2. The first-order valence-electron chi connectivity index (χ1n) is 7.72. The molecule has 0 aromatic carbocycles. The quantitative estimate of drug-likeness (QED) is 0.383. The number of hydrogen-bond acceptors (Lipinski definition) is 6. The maximum absolute atomic E-state index is 11.3. The van der Waals surface area contributed by atoms with Gasteiger partial charge in [0.15, 0.2) is 11.6 Å². The molecule has 0 amide bonds. The van der Waals surface area contributed by atoms with Gasteiger partial charge in [-0.05, 0) is 19.8 Å². The molecule has 0 radical (unpaired) electrons. The van der Waals surface area contributed by atoms with Crippen molar-refractivity contribution in [3.63, 3.8) is 0 Å². The first-order chi connectivity index (χ1) is 10.4. The Morgan fingerprint density at radius 1 is 0.682 bits per heavy atom. The van der Waals surface area contributed by atoms with Gasteiger partial charge in [-0.15, -0.1) is 0 Å². The summed E-state index contributed by atoms with van der Waals surface area (Å²) in [4.78, 5) is 43.7. The molecule has 0 aliphatic heterocycles. The van der Waals surface area contributed by atoms with E-state index in [4.69, 9.17) is 4.74 Å². The predicted octanol–water partition coefficient (Wildman–Crippen LogP) is 2.37. The first kappa shape index (κ1) is 20.3. The summed E-state index contributed by atoms with van der Waals surface area (Å²) >= 11 is 0. The van der Waals surface area contributed by atoms with E-state index in [2.05, 4.69) is 4.74 Å². The molecule has 0 N–H and O–H groups in total. The molecule has 0 spiro atoms. The molecule has 22 heavy (non-hydrogen) atoms. The fourth-order valence-corrected chi connectivity index (χ4v) is 1.81. The van der Waals surface area contributed by atoms with Crippen LogP contribution < -0.4 is 0 Å². The van der Waals surface area contributed by atoms with Gasteiger partial charge in [-0.2, -0.15) is 0 Å². The monoisotopic (exact) mass is 314 g/mol. The van der Waals surface area contributed by atoms with Crippen LogP contribution in [-0.2, 0) is 28.7 Å². The van der Waals surface area contributed by atoms with Gasteiger partial charge in [0.05, 0.1) is 0 Å². The molecular weight excluding hydrogens is 288 g/mol. The summed E-state index contributed by atoms with van der Waals surface area (Å²) in [5, 5.41) is 0. The number of rotatable bonds is 13. The van der Waals surface area contributed by atoms with Crippen LogP contribution in [0.15, 0.2) is 0 Å². The molecule has 6 nitrogen and oxygen atoms in total. The summed E-state index contributed by atoms with van der Waals surface area (Å²) in [6.07, 6.45) is 6.19. The fourth-order valence-electron chi connectivity index (χ4n) is 1.81. The number of unbranched alkanes of at least 4 members (excludes halogenated alkanes) is 5. The minimum Gasteiger partial charge on any atom is -0.458 e. The van der Waals surface area contributed by atoms with Crippen LogP contribution in [0.2, 0.25) is 0 Å². The van der Waals surface area contributed by atoms with E-state index in [-0.39, 0.29) is 30.7 Å². The maximum Gasteiger partial charge on any atom is 0.306 e. The Morgan fingerprint density at radius 3 is 1.77 bits per heavy atom. The molecule has 0 unspecified atom stereocenters. The zero-order chi connectivity index (χ0) is 16.8. The van der Waals surface area contributed by atoms with E-state index >= 15 is 0 Å². The summed E-state index contributed by atoms with van der Waals surface area (Å²) in [5.74, 6) is -0.971. The zero-order valence-electron chi connectivity index (χ0n) is 13.5. The summed E-state index contributed by atoms with van der Waals surface area (Å²) in [7, 11) is 0. The SMILES string of the molecule is CC(=O)COC(=O)CCCCCCCCC(=O)COC(C)=O. The molecule has 0 atom stereocenters. The highest BCUT2D eigenvalue weighted by Crippen LogP contribution is 2.09. The lowest BCUT2D eigenvalue weighted by molar-refractivity contribution is -0.147. The van der Waals surface area contributed by atoms with Crippen LogP contribution in [0.1, 0.15) is 65.2 Å². The molecule has 0 aliphatic rings. The van der Waals surface area contributed by atoms with Crippen molar-refractivity contribution < 1.29 is 28.7 Å². The Hall–Kier alpha value is -1.72. The van der Waals surface area contributed by atoms with Crippen LogP contribution in [-0.4, -0.2) is 36.7 Å². The van der Waals surface area contributed by atoms with E-state index in [1.54, 1.807) is 0 Å². The van der Waals surface area contributed by atoms with Crippen molar-refractivity contribution in [3.05, 3.63) is 0 Å². The Morgan fingerprint density at radius 2 is 1.23 bits per heavy atom. The normalized spacial score (nSPS) is 10.1. The average molecular weight is 314 g/mol. The fraction of sp³-hybridized carbons (Fsp3) is 0.750. The van der Waals surface area contributed by atoms with E-state index in [1.165, 1.54) is 13.8 Å². The minimum atomic E-state index is -0.435. The van der Waals surface area contributed by atoms with Gasteiger partial charge in [-0.3, -0.25) is 19.2 Å². The van der Waals surface area contributed by atoms with E-state index in [0.29, 0.717) is 12.8 Å². The molecule has 0 saturated carbocycles. The van der Waals surface area contributed by atoms with E-state index in [0.717, 1.165) is 38.5 Å². The third-order valence-electron chi connectivity index (χ3n) is 2.96. The standard InChI is InChI=1S/C16H26O6/c1-13(17)11-22-16(20)10-8-6-4-3-5-7-9-15(19)12-21-14(2)18/h3-12H2,1-2H3. The van der Waals surface area contributed by atoms with Gasteiger partial charge in [0.25, 0.3) is 0 Å². The number of ether oxygens (including phenoxy) is 2. The van der Waals surface area contributed by atoms with Gasteiger partial charge in [0.1, 0.15) is 13.2 Å². The Labute approximate surface area is 131 Å². The van der Waals surface area contributed by atoms with Crippen LogP contribution in [0.4, 0.5) is 0 Å². The third-order valence-corrected chi connectivity index (χ3v) is 2.96. The van der Waals surface area contributed by atoms with Crippen LogP contribution in [0.5, 0.6) is 0 Å². The Bertz CT molecular complexity index is 339. The van der Waals surface area contributed by atoms with Gasteiger partial charge in [-0.25, -0.2) is 0 Å².